The van der Waals surface area contributed by atoms with Crippen molar-refractivity contribution in [3.05, 3.63) is 48.2 Å². The number of rotatable bonds is 10. The van der Waals surface area contributed by atoms with Crippen molar-refractivity contribution in [3.63, 3.8) is 0 Å². The third kappa shape index (κ3) is 10.4. The van der Waals surface area contributed by atoms with Gasteiger partial charge in [-0.15, -0.1) is 0 Å². The second-order valence-electron chi connectivity index (χ2n) is 11.5. The molecule has 3 aromatic rings. The number of nitrogen functional groups attached to an aromatic ring is 1. The average molecular weight is 595 g/mol. The van der Waals surface area contributed by atoms with E-state index in [0.29, 0.717) is 25.3 Å². The molecule has 0 atom stereocenters. The summed E-state index contributed by atoms with van der Waals surface area (Å²) in [5, 5.41) is 11.9. The van der Waals surface area contributed by atoms with Gasteiger partial charge < -0.3 is 20.7 Å². The number of hydrogen-bond donors (Lipinski definition) is 2. The maximum atomic E-state index is 12.7. The Bertz CT molecular complexity index is 1380. The van der Waals surface area contributed by atoms with Crippen LogP contribution < -0.4 is 11.1 Å². The summed E-state index contributed by atoms with van der Waals surface area (Å²) in [7, 11) is 0. The summed E-state index contributed by atoms with van der Waals surface area (Å²) >= 11 is 0. The number of pyridine rings is 1. The Morgan fingerprint density at radius 1 is 1.09 bits per heavy atom. The van der Waals surface area contributed by atoms with Crippen molar-refractivity contribution in [3.8, 4) is 11.3 Å². The van der Waals surface area contributed by atoms with Gasteiger partial charge in [0.15, 0.2) is 5.69 Å². The molecule has 3 aromatic heterocycles. The van der Waals surface area contributed by atoms with Crippen LogP contribution in [0.5, 0.6) is 0 Å². The van der Waals surface area contributed by atoms with Gasteiger partial charge in [0, 0.05) is 49.8 Å². The highest BCUT2D eigenvalue weighted by Gasteiger charge is 2.28. The summed E-state index contributed by atoms with van der Waals surface area (Å²) in [5.74, 6) is -0.253. The number of hydrogen-bond acceptors (Lipinski definition) is 9. The van der Waals surface area contributed by atoms with E-state index in [1.807, 2.05) is 63.0 Å². The van der Waals surface area contributed by atoms with Crippen molar-refractivity contribution in [2.24, 2.45) is 0 Å². The van der Waals surface area contributed by atoms with E-state index in [9.17, 15) is 9.59 Å². The Hall–Kier alpha value is -4.51. The molecule has 0 spiro atoms. The highest BCUT2D eigenvalue weighted by atomic mass is 16.6. The summed E-state index contributed by atoms with van der Waals surface area (Å²) in [6.07, 6.45) is 11.0. The fourth-order valence-corrected chi connectivity index (χ4v) is 4.77. The Labute approximate surface area is 251 Å². The topological polar surface area (TPSA) is 167 Å². The lowest BCUT2D eigenvalue weighted by molar-refractivity contribution is -0.191. The summed E-state index contributed by atoms with van der Waals surface area (Å²) in [4.78, 5) is 47.5. The first-order valence-corrected chi connectivity index (χ1v) is 14.6. The first-order valence-electron chi connectivity index (χ1n) is 14.6. The number of aromatic nitrogens is 5. The summed E-state index contributed by atoms with van der Waals surface area (Å²) in [6, 6.07) is 6.07. The number of carbonyl (C=O) groups is 2. The molecule has 1 saturated heterocycles. The van der Waals surface area contributed by atoms with Crippen molar-refractivity contribution < 1.29 is 23.9 Å². The van der Waals surface area contributed by atoms with E-state index in [1.165, 1.54) is 0 Å². The number of unbranched alkanes of at least 4 members (excludes halogenated alkanes) is 3. The first-order chi connectivity index (χ1) is 20.5. The van der Waals surface area contributed by atoms with Crippen LogP contribution in [0.15, 0.2) is 36.8 Å². The van der Waals surface area contributed by atoms with Gasteiger partial charge in [-0.2, -0.15) is 19.8 Å². The van der Waals surface area contributed by atoms with Crippen molar-refractivity contribution >= 4 is 23.8 Å². The Morgan fingerprint density at radius 3 is 2.47 bits per heavy atom. The maximum absolute atomic E-state index is 12.7. The molecule has 0 saturated carbocycles. The van der Waals surface area contributed by atoms with Crippen LogP contribution in [0.3, 0.4) is 0 Å². The number of anilines is 1. The highest BCUT2D eigenvalue weighted by molar-refractivity contribution is 5.96. The molecule has 4 rings (SSSR count). The number of amides is 2. The second kappa shape index (κ2) is 15.6. The van der Waals surface area contributed by atoms with Crippen molar-refractivity contribution in [2.45, 2.75) is 84.4 Å². The number of ether oxygens (including phenoxy) is 1. The van der Waals surface area contributed by atoms with E-state index >= 15 is 0 Å². The maximum Gasteiger partial charge on any atom is 0.410 e. The third-order valence-electron chi connectivity index (χ3n) is 6.88. The molecule has 1 aliphatic rings. The molecule has 1 fully saturated rings. The lowest BCUT2D eigenvalue weighted by atomic mass is 10.1. The summed E-state index contributed by atoms with van der Waals surface area (Å²) in [6.45, 7) is 10.1. The van der Waals surface area contributed by atoms with E-state index in [4.69, 9.17) is 20.1 Å². The second-order valence-corrected chi connectivity index (χ2v) is 11.5. The number of piperidine rings is 1. The van der Waals surface area contributed by atoms with Crippen LogP contribution in [0.2, 0.25) is 0 Å². The van der Waals surface area contributed by atoms with E-state index in [1.54, 1.807) is 15.8 Å². The molecule has 13 nitrogen and oxygen atoms in total. The van der Waals surface area contributed by atoms with E-state index < -0.39 is 5.60 Å². The average Bonchev–Trinajstić information content (AvgIpc) is 3.59. The Kier molecular flexibility index (Phi) is 12.0. The molecule has 2 amide bonds. The van der Waals surface area contributed by atoms with Gasteiger partial charge in [0.25, 0.3) is 5.91 Å². The summed E-state index contributed by atoms with van der Waals surface area (Å²) < 4.78 is 9.20. The number of nitrogens with zero attached hydrogens (tertiary/aromatic N) is 6. The summed E-state index contributed by atoms with van der Waals surface area (Å²) in [5.41, 5.74) is 9.19. The van der Waals surface area contributed by atoms with Gasteiger partial charge in [-0.25, -0.2) is 4.79 Å². The lowest BCUT2D eigenvalue weighted by Crippen LogP contribution is -2.42. The largest absolute Gasteiger partial charge is 0.444 e. The molecule has 3 N–H and O–H groups in total. The molecule has 4 heterocycles. The van der Waals surface area contributed by atoms with Crippen molar-refractivity contribution in [2.75, 3.05) is 25.4 Å². The standard InChI is InChI=1S/C29H42N8O3.CO2/c1-21-10-9-11-25(33-21)22-18-32-36(19-22)15-8-6-5-7-14-31-27(38)26-24(30)20-37(34-26)23-12-16-35(17-13-23)28(39)40-29(2,3)4;2-1-3/h9-11,18-20,23H,5-8,12-17,30H2,1-4H3,(H,31,38);. The number of nitrogens with one attached hydrogen (secondary N) is 1. The van der Waals surface area contributed by atoms with Gasteiger partial charge in [-0.05, 0) is 65.5 Å². The molecule has 43 heavy (non-hydrogen) atoms. The third-order valence-corrected chi connectivity index (χ3v) is 6.88. The quantitative estimate of drug-likeness (QED) is 0.330. The zero-order chi connectivity index (χ0) is 31.4. The first kappa shape index (κ1) is 33.0. The predicted molar refractivity (Wildman–Crippen MR) is 159 cm³/mol. The van der Waals surface area contributed by atoms with Crippen LogP contribution in [-0.4, -0.2) is 72.8 Å². The molecular weight excluding hydrogens is 552 g/mol. The lowest BCUT2D eigenvalue weighted by Gasteiger charge is -2.33. The smallest absolute Gasteiger partial charge is 0.410 e. The number of likely N-dealkylation sites (tertiary alicyclic amines) is 1. The zero-order valence-corrected chi connectivity index (χ0v) is 25.4. The van der Waals surface area contributed by atoms with Gasteiger partial charge in [-0.3, -0.25) is 19.1 Å². The van der Waals surface area contributed by atoms with Crippen LogP contribution in [-0.2, 0) is 20.9 Å². The molecular formula is C30H42N8O5. The number of carbonyl (C=O) groups excluding carboxylic acids is 4. The van der Waals surface area contributed by atoms with Crippen LogP contribution in [0.25, 0.3) is 11.3 Å². The monoisotopic (exact) mass is 594 g/mol. The minimum absolute atomic E-state index is 0.0847. The normalized spacial score (nSPS) is 13.5. The molecule has 0 bridgehead atoms. The molecule has 0 unspecified atom stereocenters. The predicted octanol–water partition coefficient (Wildman–Crippen LogP) is 4.01. The van der Waals surface area contributed by atoms with Gasteiger partial charge >= 0.3 is 12.2 Å². The van der Waals surface area contributed by atoms with Gasteiger partial charge in [0.1, 0.15) is 5.60 Å². The van der Waals surface area contributed by atoms with Crippen LogP contribution in [0, 0.1) is 6.92 Å². The molecule has 0 radical (unpaired) electrons. The minimum atomic E-state index is -0.516. The Balaban J connectivity index is 0.00000162. The molecule has 0 aromatic carbocycles. The SMILES string of the molecule is Cc1cccc(-c2cnn(CCCCCCNC(=O)c3nn(C4CCN(C(=O)OC(C)(C)C)CC4)cc3N)c2)n1.O=C=O. The van der Waals surface area contributed by atoms with Crippen molar-refractivity contribution in [1.82, 2.24) is 34.8 Å². The molecule has 1 aliphatic heterocycles. The fraction of sp³-hybridized carbons (Fsp3) is 0.533. The van der Waals surface area contributed by atoms with Crippen LogP contribution in [0.1, 0.15) is 81.5 Å². The zero-order valence-electron chi connectivity index (χ0n) is 25.4. The van der Waals surface area contributed by atoms with Crippen LogP contribution >= 0.6 is 0 Å². The van der Waals surface area contributed by atoms with Crippen molar-refractivity contribution in [1.29, 1.82) is 0 Å². The molecule has 0 aliphatic carbocycles. The van der Waals surface area contributed by atoms with Gasteiger partial charge in [0.05, 0.1) is 23.6 Å². The fourth-order valence-electron chi connectivity index (χ4n) is 4.77. The highest BCUT2D eigenvalue weighted by Crippen LogP contribution is 2.25. The van der Waals surface area contributed by atoms with E-state index in [-0.39, 0.29) is 29.9 Å². The molecule has 232 valence electrons. The number of aryl methyl sites for hydroxylation is 2. The molecule has 13 heteroatoms. The Morgan fingerprint density at radius 2 is 1.79 bits per heavy atom. The number of nitrogens with two attached hydrogens (primary N) is 1. The van der Waals surface area contributed by atoms with E-state index in [0.717, 1.165) is 62.0 Å². The minimum Gasteiger partial charge on any atom is -0.444 e. The van der Waals surface area contributed by atoms with Gasteiger partial charge in [0.2, 0.25) is 0 Å². The van der Waals surface area contributed by atoms with Crippen LogP contribution in [0.4, 0.5) is 10.5 Å². The van der Waals surface area contributed by atoms with Gasteiger partial charge in [-0.1, -0.05) is 18.9 Å². The van der Waals surface area contributed by atoms with E-state index in [2.05, 4.69) is 20.5 Å².